The average Bonchev–Trinajstić information content (AvgIpc) is 2.85. The molecule has 0 spiro atoms. The van der Waals surface area contributed by atoms with Crippen molar-refractivity contribution in [2.24, 2.45) is 0 Å². The van der Waals surface area contributed by atoms with Crippen molar-refractivity contribution in [1.29, 1.82) is 0 Å². The fraction of sp³-hybridized carbons (Fsp3) is 0.320. The maximum Gasteiger partial charge on any atom is 0.254 e. The number of piperidine rings is 1. The molecule has 1 fully saturated rings. The summed E-state index contributed by atoms with van der Waals surface area (Å²) in [5, 5.41) is 0.654. The predicted octanol–water partition coefficient (Wildman–Crippen LogP) is 4.77. The Morgan fingerprint density at radius 3 is 2.61 bits per heavy atom. The lowest BCUT2D eigenvalue weighted by atomic mass is 9.93. The molecular weight excluding hydrogens is 440 g/mol. The van der Waals surface area contributed by atoms with Crippen LogP contribution in [0.1, 0.15) is 41.4 Å². The first-order chi connectivity index (χ1) is 16.1. The Balaban J connectivity index is 1.62. The molecule has 0 bridgehead atoms. The highest BCUT2D eigenvalue weighted by Gasteiger charge is 2.32. The molecule has 1 aromatic heterocycles. The van der Waals surface area contributed by atoms with Crippen LogP contribution in [-0.4, -0.2) is 47.6 Å². The number of ether oxygens (including phenoxy) is 2. The van der Waals surface area contributed by atoms with Crippen LogP contribution in [0.2, 0.25) is 5.02 Å². The summed E-state index contributed by atoms with van der Waals surface area (Å²) in [7, 11) is 1.63. The maximum absolute atomic E-state index is 13.5. The van der Waals surface area contributed by atoms with E-state index in [2.05, 4.69) is 9.97 Å². The largest absolute Gasteiger partial charge is 0.491 e. The van der Waals surface area contributed by atoms with Crippen molar-refractivity contribution in [3.05, 3.63) is 71.0 Å². The van der Waals surface area contributed by atoms with Gasteiger partial charge in [0.2, 0.25) is 5.95 Å². The number of nitrogen functional groups attached to an aromatic ring is 1. The number of anilines is 1. The van der Waals surface area contributed by atoms with Crippen molar-refractivity contribution in [3.8, 4) is 16.9 Å². The van der Waals surface area contributed by atoms with Gasteiger partial charge in [-0.25, -0.2) is 9.97 Å². The van der Waals surface area contributed by atoms with Gasteiger partial charge in [-0.3, -0.25) is 4.79 Å². The van der Waals surface area contributed by atoms with E-state index < -0.39 is 0 Å². The van der Waals surface area contributed by atoms with E-state index >= 15 is 0 Å². The number of methoxy groups -OCH3 is 1. The molecular formula is C25H27ClN4O3. The Morgan fingerprint density at radius 2 is 1.88 bits per heavy atom. The van der Waals surface area contributed by atoms with Crippen molar-refractivity contribution in [1.82, 2.24) is 14.9 Å². The van der Waals surface area contributed by atoms with Crippen molar-refractivity contribution in [2.75, 3.05) is 32.6 Å². The highest BCUT2D eigenvalue weighted by Crippen LogP contribution is 2.37. The molecule has 172 valence electrons. The third-order valence-electron chi connectivity index (χ3n) is 5.73. The smallest absolute Gasteiger partial charge is 0.254 e. The van der Waals surface area contributed by atoms with E-state index in [-0.39, 0.29) is 17.9 Å². The van der Waals surface area contributed by atoms with Gasteiger partial charge in [0.15, 0.2) is 0 Å². The van der Waals surface area contributed by atoms with Crippen LogP contribution in [0, 0.1) is 0 Å². The SMILES string of the molecule is COCCOc1ccc(C(=O)N2CCCCC2c2nc(N)ncc2-c2ccc(Cl)cc2)cc1. The summed E-state index contributed by atoms with van der Waals surface area (Å²) in [4.78, 5) is 24.2. The molecule has 1 atom stereocenters. The lowest BCUT2D eigenvalue weighted by molar-refractivity contribution is 0.0606. The number of hydrogen-bond donors (Lipinski definition) is 1. The predicted molar refractivity (Wildman–Crippen MR) is 128 cm³/mol. The summed E-state index contributed by atoms with van der Waals surface area (Å²) in [6, 6.07) is 14.5. The number of amides is 1. The Bertz CT molecular complexity index is 1090. The molecule has 0 aliphatic carbocycles. The monoisotopic (exact) mass is 466 g/mol. The lowest BCUT2D eigenvalue weighted by Crippen LogP contribution is -2.39. The first-order valence-corrected chi connectivity index (χ1v) is 11.4. The number of benzene rings is 2. The molecule has 2 aromatic carbocycles. The molecule has 1 saturated heterocycles. The molecule has 8 heteroatoms. The fourth-order valence-corrected chi connectivity index (χ4v) is 4.20. The molecule has 2 N–H and O–H groups in total. The van der Waals surface area contributed by atoms with Crippen molar-refractivity contribution in [2.45, 2.75) is 25.3 Å². The Hall–Kier alpha value is -3.16. The first-order valence-electron chi connectivity index (χ1n) is 11.0. The Kier molecular flexibility index (Phi) is 7.42. The standard InChI is InChI=1S/C25H27ClN4O3/c1-32-14-15-33-20-11-7-18(8-12-20)24(31)30-13-3-2-4-22(30)23-21(16-28-25(27)29-23)17-5-9-19(26)10-6-17/h5-12,16,22H,2-4,13-15H2,1H3,(H2,27,28,29). The van der Waals surface area contributed by atoms with Gasteiger partial charge in [0, 0.05) is 36.0 Å². The summed E-state index contributed by atoms with van der Waals surface area (Å²) in [6.07, 6.45) is 4.48. The van der Waals surface area contributed by atoms with E-state index in [0.717, 1.165) is 36.1 Å². The van der Waals surface area contributed by atoms with Crippen LogP contribution in [-0.2, 0) is 4.74 Å². The number of likely N-dealkylation sites (tertiary alicyclic amines) is 1. The minimum atomic E-state index is -0.195. The van der Waals surface area contributed by atoms with E-state index in [4.69, 9.17) is 26.8 Å². The van der Waals surface area contributed by atoms with Crippen LogP contribution < -0.4 is 10.5 Å². The molecule has 1 aliphatic heterocycles. The minimum Gasteiger partial charge on any atom is -0.491 e. The number of halogens is 1. The second kappa shape index (κ2) is 10.6. The highest BCUT2D eigenvalue weighted by molar-refractivity contribution is 6.30. The van der Waals surface area contributed by atoms with Gasteiger partial charge in [-0.1, -0.05) is 23.7 Å². The second-order valence-corrected chi connectivity index (χ2v) is 8.35. The molecule has 3 aromatic rings. The van der Waals surface area contributed by atoms with Gasteiger partial charge in [0.1, 0.15) is 12.4 Å². The molecule has 4 rings (SSSR count). The van der Waals surface area contributed by atoms with Crippen LogP contribution in [0.15, 0.2) is 54.7 Å². The summed E-state index contributed by atoms with van der Waals surface area (Å²) < 4.78 is 10.6. The summed E-state index contributed by atoms with van der Waals surface area (Å²) in [5.41, 5.74) is 9.12. The molecule has 33 heavy (non-hydrogen) atoms. The van der Waals surface area contributed by atoms with Crippen molar-refractivity contribution >= 4 is 23.5 Å². The normalized spacial score (nSPS) is 15.9. The van der Waals surface area contributed by atoms with E-state index in [1.54, 1.807) is 25.4 Å². The van der Waals surface area contributed by atoms with Crippen LogP contribution >= 0.6 is 11.6 Å². The molecule has 1 amide bonds. The van der Waals surface area contributed by atoms with E-state index in [1.165, 1.54) is 0 Å². The highest BCUT2D eigenvalue weighted by atomic mass is 35.5. The third-order valence-corrected chi connectivity index (χ3v) is 5.98. The zero-order valence-corrected chi connectivity index (χ0v) is 19.3. The van der Waals surface area contributed by atoms with Gasteiger partial charge in [0.25, 0.3) is 5.91 Å². The summed E-state index contributed by atoms with van der Waals surface area (Å²) in [5.74, 6) is 0.855. The Labute approximate surface area is 198 Å². The topological polar surface area (TPSA) is 90.6 Å². The van der Waals surface area contributed by atoms with Gasteiger partial charge in [-0.05, 0) is 61.2 Å². The first kappa shape index (κ1) is 23.0. The average molecular weight is 467 g/mol. The molecule has 0 radical (unpaired) electrons. The van der Waals surface area contributed by atoms with Gasteiger partial charge < -0.3 is 20.1 Å². The fourth-order valence-electron chi connectivity index (χ4n) is 4.08. The molecule has 0 saturated carbocycles. The minimum absolute atomic E-state index is 0.0395. The number of aromatic nitrogens is 2. The van der Waals surface area contributed by atoms with Crippen LogP contribution in [0.5, 0.6) is 5.75 Å². The number of nitrogens with zero attached hydrogens (tertiary/aromatic N) is 3. The zero-order valence-electron chi connectivity index (χ0n) is 18.5. The van der Waals surface area contributed by atoms with Crippen LogP contribution in [0.25, 0.3) is 11.1 Å². The quantitative estimate of drug-likeness (QED) is 0.504. The molecule has 1 aliphatic rings. The maximum atomic E-state index is 13.5. The van der Waals surface area contributed by atoms with Crippen molar-refractivity contribution < 1.29 is 14.3 Å². The van der Waals surface area contributed by atoms with Crippen LogP contribution in [0.4, 0.5) is 5.95 Å². The number of nitrogens with two attached hydrogens (primary N) is 1. The van der Waals surface area contributed by atoms with E-state index in [9.17, 15) is 4.79 Å². The molecule has 7 nitrogen and oxygen atoms in total. The number of carbonyl (C=O) groups is 1. The third kappa shape index (κ3) is 5.43. The summed E-state index contributed by atoms with van der Waals surface area (Å²) >= 11 is 6.07. The second-order valence-electron chi connectivity index (χ2n) is 7.91. The molecule has 1 unspecified atom stereocenters. The van der Waals surface area contributed by atoms with Gasteiger partial charge >= 0.3 is 0 Å². The van der Waals surface area contributed by atoms with E-state index in [1.807, 2.05) is 41.3 Å². The number of rotatable bonds is 7. The summed E-state index contributed by atoms with van der Waals surface area (Å²) in [6.45, 7) is 1.62. The van der Waals surface area contributed by atoms with Gasteiger partial charge in [-0.15, -0.1) is 0 Å². The number of carbonyl (C=O) groups excluding carboxylic acids is 1. The Morgan fingerprint density at radius 1 is 1.12 bits per heavy atom. The van der Waals surface area contributed by atoms with Gasteiger partial charge in [-0.2, -0.15) is 0 Å². The van der Waals surface area contributed by atoms with Crippen molar-refractivity contribution in [3.63, 3.8) is 0 Å². The molecule has 2 heterocycles. The van der Waals surface area contributed by atoms with Crippen LogP contribution in [0.3, 0.4) is 0 Å². The zero-order chi connectivity index (χ0) is 23.2. The lowest BCUT2D eigenvalue weighted by Gasteiger charge is -2.36. The number of hydrogen-bond acceptors (Lipinski definition) is 6. The van der Waals surface area contributed by atoms with E-state index in [0.29, 0.717) is 36.1 Å². The van der Waals surface area contributed by atoms with Gasteiger partial charge in [0.05, 0.1) is 18.3 Å².